The van der Waals surface area contributed by atoms with E-state index in [0.717, 1.165) is 116 Å². The first-order chi connectivity index (χ1) is 60.9. The smallest absolute Gasteiger partial charge is 0.449 e. The molecule has 12 fully saturated rings. The molecular formula is C92H99Cl4F9N8O14S2. The minimum absolute atomic E-state index is 0.00503. The van der Waals surface area contributed by atoms with Crippen molar-refractivity contribution >= 4 is 116 Å². The molecule has 37 heteroatoms. The van der Waals surface area contributed by atoms with Crippen molar-refractivity contribution in [1.29, 1.82) is 0 Å². The largest absolute Gasteiger partial charge is 0.484 e. The van der Waals surface area contributed by atoms with Crippen LogP contribution in [0, 0.1) is 60.8 Å². The van der Waals surface area contributed by atoms with E-state index in [0.29, 0.717) is 75.7 Å². The molecule has 4 unspecified atom stereocenters. The Morgan fingerprint density at radius 3 is 0.953 bits per heavy atom. The number of benzene rings is 4. The van der Waals surface area contributed by atoms with Crippen molar-refractivity contribution < 1.29 is 106 Å². The summed E-state index contributed by atoms with van der Waals surface area (Å²) in [6, 6.07) is 25.9. The lowest BCUT2D eigenvalue weighted by Crippen LogP contribution is -2.67. The maximum atomic E-state index is 13.5. The number of carbonyl (C=O) groups excluding carboxylic acids is 8. The Morgan fingerprint density at radius 2 is 0.698 bits per heavy atom. The van der Waals surface area contributed by atoms with Crippen molar-refractivity contribution in [2.24, 2.45) is 23.7 Å². The third-order valence-corrected chi connectivity index (χ3v) is 30.5. The monoisotopic (exact) mass is 1910 g/mol. The van der Waals surface area contributed by atoms with E-state index in [-0.39, 0.29) is 172 Å². The third kappa shape index (κ3) is 22.9. The van der Waals surface area contributed by atoms with Gasteiger partial charge >= 0.3 is 6.18 Å². The first-order valence-corrected chi connectivity index (χ1v) is 45.7. The fourth-order valence-electron chi connectivity index (χ4n) is 19.9. The van der Waals surface area contributed by atoms with Gasteiger partial charge in [0.05, 0.1) is 34.7 Å². The summed E-state index contributed by atoms with van der Waals surface area (Å²) in [5.41, 5.74) is -1.87. The van der Waals surface area contributed by atoms with Gasteiger partial charge in [0.1, 0.15) is 52.0 Å². The number of hydrogen-bond acceptors (Lipinski definition) is 16. The summed E-state index contributed by atoms with van der Waals surface area (Å²) < 4.78 is 150. The summed E-state index contributed by atoms with van der Waals surface area (Å²) in [6.45, 7) is 11.1. The Labute approximate surface area is 766 Å². The molecule has 129 heavy (non-hydrogen) atoms. The lowest BCUT2D eigenvalue weighted by molar-refractivity contribution is -0.153. The lowest BCUT2D eigenvalue weighted by Gasteiger charge is -2.57. The van der Waals surface area contributed by atoms with Crippen molar-refractivity contribution in [1.82, 2.24) is 42.5 Å². The van der Waals surface area contributed by atoms with Gasteiger partial charge in [0.15, 0.2) is 37.9 Å². The van der Waals surface area contributed by atoms with Crippen molar-refractivity contribution in [2.75, 3.05) is 26.4 Å². The van der Waals surface area contributed by atoms with Crippen LogP contribution in [0.3, 0.4) is 0 Å². The molecule has 0 saturated heterocycles. The van der Waals surface area contributed by atoms with Gasteiger partial charge in [-0.15, -0.1) is 22.7 Å². The average molecular weight is 1920 g/mol. The molecular weight excluding hydrogens is 1820 g/mol. The van der Waals surface area contributed by atoms with Gasteiger partial charge in [-0.05, 0) is 268 Å². The summed E-state index contributed by atoms with van der Waals surface area (Å²) in [5, 5.41) is 26.9. The highest BCUT2D eigenvalue weighted by Crippen LogP contribution is 2.55. The minimum atomic E-state index is -4.66. The molecule has 12 aliphatic rings. The summed E-state index contributed by atoms with van der Waals surface area (Å²) in [5.74, 6) is -3.94. The molecule has 20 rings (SSSR count). The molecule has 8 bridgehead atoms. The van der Waals surface area contributed by atoms with E-state index in [2.05, 4.69) is 56.4 Å². The van der Waals surface area contributed by atoms with E-state index < -0.39 is 69.7 Å². The maximum absolute atomic E-state index is 13.5. The Hall–Kier alpha value is -9.67. The number of thiophene rings is 2. The standard InChI is InChI=1S/C23H23ClF4N2O4.C23H24ClF3N2O3S.C23H26ClFN2O4.C23H26ClFN2O3S/c1-13-11-21(30-20(32)17-4-5-18(34-17)23(26,27)28)6-8-22(13,9-7-21)29-19(31)12-33-14-2-3-15(24)16(25)10-14;1-13-11-22(29-21(31)18-5-4-17(33-18)20(26)27)6-8-23(13,9-7-22)28-19(30)12-32-14-2-3-15(24)16(25)10-14;1-14-12-22(27-21(29)19-6-3-15(2)31-19)7-9-23(14,10-8-22)26-20(28)13-30-16-4-5-17(24)18(25)11-16;1-14-9-19(31-13-14)21(29)27-22-5-7-23(8-6-22,15(2)11-22)26-20(28)12-30-16-3-4-17(24)18(25)10-16/h2-5,10,13H,6-9,11-12H2,1H3,(H,29,31)(H,30,32);2-5,10,13,20H,6-9,11-12H2,1H3,(H,28,30)(H,29,31);3-6,11,14H,7-10,12-13H2,1-2H3,(H,26,28)(H,27,29);3-4,9-10,13,15H,5-8,11-12H2,1-2H3,(H,26,28)(H,27,29). The van der Waals surface area contributed by atoms with Gasteiger partial charge in [0.25, 0.3) is 53.7 Å². The quantitative estimate of drug-likeness (QED) is 0.0247. The van der Waals surface area contributed by atoms with Crippen LogP contribution in [0.15, 0.2) is 129 Å². The Balaban J connectivity index is 0.000000147. The molecule has 4 aromatic heterocycles. The van der Waals surface area contributed by atoms with Crippen LogP contribution in [0.1, 0.15) is 225 Å². The number of rotatable bonds is 25. The van der Waals surface area contributed by atoms with Crippen molar-refractivity contribution in [3.8, 4) is 23.0 Å². The summed E-state index contributed by atoms with van der Waals surface area (Å²) in [7, 11) is 0. The second-order valence-corrected chi connectivity index (χ2v) is 39.4. The molecule has 4 aromatic carbocycles. The van der Waals surface area contributed by atoms with E-state index >= 15 is 0 Å². The average Bonchev–Trinajstić information content (AvgIpc) is 0.869. The first-order valence-electron chi connectivity index (χ1n) is 42.5. The van der Waals surface area contributed by atoms with Crippen LogP contribution < -0.4 is 61.5 Å². The Bertz CT molecular complexity index is 5300. The molecule has 0 spiro atoms. The van der Waals surface area contributed by atoms with Gasteiger partial charge in [-0.2, -0.15) is 13.2 Å². The zero-order valence-corrected chi connectivity index (χ0v) is 76.0. The Kier molecular flexibility index (Phi) is 29.6. The van der Waals surface area contributed by atoms with Gasteiger partial charge in [-0.3, -0.25) is 38.4 Å². The summed E-state index contributed by atoms with van der Waals surface area (Å²) in [4.78, 5) is 102. The highest BCUT2D eigenvalue weighted by Gasteiger charge is 2.59. The number of nitrogens with one attached hydrogen (secondary N) is 8. The molecule has 22 nitrogen and oxygen atoms in total. The molecule has 0 radical (unpaired) electrons. The van der Waals surface area contributed by atoms with Gasteiger partial charge in [0.2, 0.25) is 5.76 Å². The van der Waals surface area contributed by atoms with Crippen LogP contribution in [-0.4, -0.2) is 118 Å². The molecule has 12 saturated carbocycles. The minimum Gasteiger partial charge on any atom is -0.484 e. The van der Waals surface area contributed by atoms with E-state index in [4.69, 9.17) is 74.2 Å². The maximum Gasteiger partial charge on any atom is 0.449 e. The number of amides is 8. The van der Waals surface area contributed by atoms with Crippen LogP contribution in [0.5, 0.6) is 23.0 Å². The summed E-state index contributed by atoms with van der Waals surface area (Å²) in [6.07, 6.45) is 6.96. The molecule has 0 aliphatic heterocycles. The van der Waals surface area contributed by atoms with Crippen LogP contribution in [0.4, 0.5) is 39.5 Å². The van der Waals surface area contributed by atoms with Crippen molar-refractivity contribution in [2.45, 2.75) is 227 Å². The van der Waals surface area contributed by atoms with Crippen molar-refractivity contribution in [3.05, 3.63) is 207 Å². The molecule has 694 valence electrons. The number of ether oxygens (including phenoxy) is 4. The van der Waals surface area contributed by atoms with E-state index in [1.54, 1.807) is 12.1 Å². The zero-order valence-electron chi connectivity index (χ0n) is 71.3. The van der Waals surface area contributed by atoms with E-state index in [9.17, 15) is 77.9 Å². The van der Waals surface area contributed by atoms with Crippen LogP contribution in [-0.2, 0) is 25.4 Å². The SMILES string of the molecule is CC1CC2(NC(=O)c3ccc(C(F)(F)F)o3)CCC1(NC(=O)COc1ccc(Cl)c(F)c1)CC2.CC1CC2(NC(=O)c3ccc(C(F)F)s3)CCC1(NC(=O)COc1ccc(Cl)c(F)c1)CC2.Cc1ccc(C(=O)NC23CCC(NC(=O)COc4ccc(Cl)c(F)c4)(CC2)C(C)C3)o1.Cc1csc(C(=O)NC23CCC(NC(=O)COc4ccc(Cl)c(F)c4)(CC2)C(C)C3)c1. The third-order valence-electron chi connectivity index (χ3n) is 27.2. The molecule has 4 heterocycles. The van der Waals surface area contributed by atoms with Gasteiger partial charge in [-0.1, -0.05) is 74.1 Å². The predicted octanol–water partition coefficient (Wildman–Crippen LogP) is 19.9. The fraction of sp³-hybridized carbons (Fsp3) is 0.478. The van der Waals surface area contributed by atoms with Gasteiger partial charge < -0.3 is 70.3 Å². The zero-order chi connectivity index (χ0) is 93.0. The lowest BCUT2D eigenvalue weighted by atomic mass is 9.56. The number of alkyl halides is 5. The molecule has 12 aliphatic carbocycles. The topological polar surface area (TPSA) is 296 Å². The van der Waals surface area contributed by atoms with Gasteiger partial charge in [-0.25, -0.2) is 26.3 Å². The molecule has 8 N–H and O–H groups in total. The Morgan fingerprint density at radius 1 is 0.395 bits per heavy atom. The molecule has 8 amide bonds. The normalized spacial score (nSPS) is 26.6. The number of hydrogen-bond donors (Lipinski definition) is 8. The number of halogens is 13. The predicted molar refractivity (Wildman–Crippen MR) is 466 cm³/mol. The molecule has 8 aromatic rings. The second kappa shape index (κ2) is 39.4. The highest BCUT2D eigenvalue weighted by atomic mass is 35.5. The fourth-order valence-corrected chi connectivity index (χ4v) is 22.0. The summed E-state index contributed by atoms with van der Waals surface area (Å²) >= 11 is 24.9. The number of furan rings is 2. The van der Waals surface area contributed by atoms with Crippen LogP contribution in [0.25, 0.3) is 0 Å². The number of fused-ring (bicyclic) bond motifs is 12. The first kappa shape index (κ1) is 96.9. The number of carbonyl (C=O) groups is 8. The number of aryl methyl sites for hydroxylation is 2. The van der Waals surface area contributed by atoms with E-state index in [1.807, 2.05) is 39.1 Å². The molecule has 4 atom stereocenters. The van der Waals surface area contributed by atoms with Gasteiger partial charge in [0, 0.05) is 68.6 Å². The van der Waals surface area contributed by atoms with E-state index in [1.165, 1.54) is 78.1 Å². The van der Waals surface area contributed by atoms with Crippen LogP contribution >= 0.6 is 69.1 Å². The second-order valence-electron chi connectivity index (χ2n) is 35.7. The van der Waals surface area contributed by atoms with Crippen molar-refractivity contribution in [3.63, 3.8) is 0 Å². The van der Waals surface area contributed by atoms with Crippen LogP contribution in [0.2, 0.25) is 20.1 Å². The highest BCUT2D eigenvalue weighted by molar-refractivity contribution is 7.14.